The number of nitrogens with zero attached hydrogens (tertiary/aromatic N) is 2. The smallest absolute Gasteiger partial charge is 0.279 e. The molecule has 1 heterocycles. The fourth-order valence-corrected chi connectivity index (χ4v) is 2.10. The van der Waals surface area contributed by atoms with Crippen LogP contribution in [0, 0.1) is 10.1 Å². The van der Waals surface area contributed by atoms with E-state index in [1.54, 1.807) is 42.6 Å². The highest BCUT2D eigenvalue weighted by molar-refractivity contribution is 5.94. The van der Waals surface area contributed by atoms with Crippen LogP contribution in [0.15, 0.2) is 54.9 Å². The third-order valence-corrected chi connectivity index (χ3v) is 3.04. The van der Waals surface area contributed by atoms with Crippen molar-refractivity contribution in [1.29, 1.82) is 0 Å². The average molecular weight is 281 g/mol. The SMILES string of the molecule is Nc1cccc(Oc2ccc([N+](=O)[O-])c3cnccc23)c1. The van der Waals surface area contributed by atoms with E-state index in [0.29, 0.717) is 28.0 Å². The van der Waals surface area contributed by atoms with Gasteiger partial charge in [0, 0.05) is 35.6 Å². The first-order valence-electron chi connectivity index (χ1n) is 6.19. The molecule has 0 aliphatic rings. The van der Waals surface area contributed by atoms with E-state index in [-0.39, 0.29) is 5.69 Å². The van der Waals surface area contributed by atoms with Crippen molar-refractivity contribution in [3.63, 3.8) is 0 Å². The summed E-state index contributed by atoms with van der Waals surface area (Å²) in [6.07, 6.45) is 3.03. The fraction of sp³-hybridized carbons (Fsp3) is 0. The molecule has 0 aliphatic heterocycles. The van der Waals surface area contributed by atoms with E-state index in [4.69, 9.17) is 10.5 Å². The van der Waals surface area contributed by atoms with E-state index in [1.165, 1.54) is 12.3 Å². The molecule has 0 bridgehead atoms. The number of aromatic nitrogens is 1. The summed E-state index contributed by atoms with van der Waals surface area (Å²) in [5.41, 5.74) is 6.29. The number of hydrogen-bond donors (Lipinski definition) is 1. The number of nitro benzene ring substituents is 1. The van der Waals surface area contributed by atoms with Crippen molar-refractivity contribution in [2.24, 2.45) is 0 Å². The van der Waals surface area contributed by atoms with E-state index < -0.39 is 4.92 Å². The summed E-state index contributed by atoms with van der Waals surface area (Å²) in [7, 11) is 0. The lowest BCUT2D eigenvalue weighted by atomic mass is 10.1. The predicted molar refractivity (Wildman–Crippen MR) is 79.3 cm³/mol. The van der Waals surface area contributed by atoms with Gasteiger partial charge in [-0.2, -0.15) is 0 Å². The number of benzene rings is 2. The molecule has 6 heteroatoms. The van der Waals surface area contributed by atoms with Gasteiger partial charge in [0.2, 0.25) is 0 Å². The normalized spacial score (nSPS) is 10.5. The van der Waals surface area contributed by atoms with Gasteiger partial charge in [0.05, 0.1) is 10.3 Å². The Balaban J connectivity index is 2.12. The van der Waals surface area contributed by atoms with Crippen LogP contribution in [0.1, 0.15) is 0 Å². The third kappa shape index (κ3) is 2.46. The standard InChI is InChI=1S/C15H11N3O3/c16-10-2-1-3-11(8-10)21-15-5-4-14(18(19)20)13-9-17-7-6-12(13)15/h1-9H,16H2. The van der Waals surface area contributed by atoms with Gasteiger partial charge in [-0.3, -0.25) is 15.1 Å². The maximum absolute atomic E-state index is 11.0. The zero-order valence-corrected chi connectivity index (χ0v) is 10.9. The van der Waals surface area contributed by atoms with Gasteiger partial charge in [0.15, 0.2) is 0 Å². The van der Waals surface area contributed by atoms with Gasteiger partial charge in [0.25, 0.3) is 5.69 Å². The maximum Gasteiger partial charge on any atom is 0.279 e. The molecule has 2 N–H and O–H groups in total. The summed E-state index contributed by atoms with van der Waals surface area (Å²) in [5.74, 6) is 1.09. The molecule has 0 atom stereocenters. The van der Waals surface area contributed by atoms with Crippen molar-refractivity contribution in [3.05, 3.63) is 65.0 Å². The number of ether oxygens (including phenoxy) is 1. The number of rotatable bonds is 3. The average Bonchev–Trinajstić information content (AvgIpc) is 2.47. The molecule has 0 radical (unpaired) electrons. The molecule has 2 aromatic carbocycles. The molecule has 0 unspecified atom stereocenters. The number of fused-ring (bicyclic) bond motifs is 1. The summed E-state index contributed by atoms with van der Waals surface area (Å²) in [6, 6.07) is 11.7. The zero-order chi connectivity index (χ0) is 14.8. The zero-order valence-electron chi connectivity index (χ0n) is 10.9. The van der Waals surface area contributed by atoms with Crippen molar-refractivity contribution in [1.82, 2.24) is 4.98 Å². The van der Waals surface area contributed by atoms with E-state index in [1.807, 2.05) is 0 Å². The van der Waals surface area contributed by atoms with E-state index in [2.05, 4.69) is 4.98 Å². The van der Waals surface area contributed by atoms with Crippen LogP contribution in [0.25, 0.3) is 10.8 Å². The summed E-state index contributed by atoms with van der Waals surface area (Å²) in [6.45, 7) is 0. The van der Waals surface area contributed by atoms with Gasteiger partial charge in [-0.15, -0.1) is 0 Å². The van der Waals surface area contributed by atoms with Crippen molar-refractivity contribution in [2.45, 2.75) is 0 Å². The summed E-state index contributed by atoms with van der Waals surface area (Å²) >= 11 is 0. The highest BCUT2D eigenvalue weighted by Crippen LogP contribution is 2.35. The molecule has 0 aliphatic carbocycles. The highest BCUT2D eigenvalue weighted by Gasteiger charge is 2.15. The maximum atomic E-state index is 11.0. The summed E-state index contributed by atoms with van der Waals surface area (Å²) in [4.78, 5) is 14.6. The Hall–Kier alpha value is -3.15. The van der Waals surface area contributed by atoms with E-state index in [0.717, 1.165) is 0 Å². The van der Waals surface area contributed by atoms with Crippen LogP contribution < -0.4 is 10.5 Å². The van der Waals surface area contributed by atoms with Crippen molar-refractivity contribution in [2.75, 3.05) is 5.73 Å². The van der Waals surface area contributed by atoms with Gasteiger partial charge < -0.3 is 10.5 Å². The highest BCUT2D eigenvalue weighted by atomic mass is 16.6. The third-order valence-electron chi connectivity index (χ3n) is 3.04. The minimum Gasteiger partial charge on any atom is -0.457 e. The molecule has 6 nitrogen and oxygen atoms in total. The van der Waals surface area contributed by atoms with E-state index >= 15 is 0 Å². The number of nitro groups is 1. The Morgan fingerprint density at radius 1 is 1.14 bits per heavy atom. The number of pyridine rings is 1. The van der Waals surface area contributed by atoms with Crippen LogP contribution in [-0.2, 0) is 0 Å². The van der Waals surface area contributed by atoms with Crippen LogP contribution in [0.5, 0.6) is 11.5 Å². The molecule has 104 valence electrons. The van der Waals surface area contributed by atoms with E-state index in [9.17, 15) is 10.1 Å². The van der Waals surface area contributed by atoms with Crippen LogP contribution >= 0.6 is 0 Å². The van der Waals surface area contributed by atoms with Crippen LogP contribution in [0.2, 0.25) is 0 Å². The number of non-ortho nitro benzene ring substituents is 1. The Morgan fingerprint density at radius 2 is 2.00 bits per heavy atom. The molecule has 0 spiro atoms. The van der Waals surface area contributed by atoms with Crippen molar-refractivity contribution in [3.8, 4) is 11.5 Å². The van der Waals surface area contributed by atoms with Crippen LogP contribution in [-0.4, -0.2) is 9.91 Å². The van der Waals surface area contributed by atoms with Gasteiger partial charge in [0.1, 0.15) is 11.5 Å². The largest absolute Gasteiger partial charge is 0.457 e. The lowest BCUT2D eigenvalue weighted by Crippen LogP contribution is -1.93. The Labute approximate surface area is 119 Å². The fourth-order valence-electron chi connectivity index (χ4n) is 2.10. The minimum atomic E-state index is -0.436. The second-order valence-electron chi connectivity index (χ2n) is 4.44. The number of hydrogen-bond acceptors (Lipinski definition) is 5. The molecule has 3 aromatic rings. The number of nitrogen functional groups attached to an aromatic ring is 1. The molecule has 21 heavy (non-hydrogen) atoms. The molecule has 0 saturated heterocycles. The van der Waals surface area contributed by atoms with Crippen LogP contribution in [0.4, 0.5) is 11.4 Å². The minimum absolute atomic E-state index is 0.00183. The Bertz CT molecular complexity index is 833. The lowest BCUT2D eigenvalue weighted by molar-refractivity contribution is -0.383. The second-order valence-corrected chi connectivity index (χ2v) is 4.44. The van der Waals surface area contributed by atoms with Gasteiger partial charge in [-0.25, -0.2) is 0 Å². The van der Waals surface area contributed by atoms with Gasteiger partial charge in [-0.1, -0.05) is 6.07 Å². The number of anilines is 1. The van der Waals surface area contributed by atoms with Crippen LogP contribution in [0.3, 0.4) is 0 Å². The van der Waals surface area contributed by atoms with Crippen molar-refractivity contribution >= 4 is 22.1 Å². The molecule has 0 saturated carbocycles. The molecular formula is C15H11N3O3. The Morgan fingerprint density at radius 3 is 2.76 bits per heavy atom. The number of nitrogens with two attached hydrogens (primary N) is 1. The monoisotopic (exact) mass is 281 g/mol. The topological polar surface area (TPSA) is 91.3 Å². The second kappa shape index (κ2) is 5.09. The van der Waals surface area contributed by atoms with Gasteiger partial charge >= 0.3 is 0 Å². The summed E-state index contributed by atoms with van der Waals surface area (Å²) < 4.78 is 5.78. The van der Waals surface area contributed by atoms with Crippen molar-refractivity contribution < 1.29 is 9.66 Å². The first kappa shape index (κ1) is 12.9. The molecule has 3 rings (SSSR count). The molecule has 1 aromatic heterocycles. The molecule has 0 fully saturated rings. The molecule has 0 amide bonds. The quantitative estimate of drug-likeness (QED) is 0.450. The first-order valence-corrected chi connectivity index (χ1v) is 6.19. The first-order chi connectivity index (χ1) is 10.1. The van der Waals surface area contributed by atoms with Gasteiger partial charge in [-0.05, 0) is 24.3 Å². The molecular weight excluding hydrogens is 270 g/mol. The Kier molecular flexibility index (Phi) is 3.12. The summed E-state index contributed by atoms with van der Waals surface area (Å²) in [5, 5.41) is 12.1. The predicted octanol–water partition coefficient (Wildman–Crippen LogP) is 3.52. The lowest BCUT2D eigenvalue weighted by Gasteiger charge is -2.09.